The zero-order valence-electron chi connectivity index (χ0n) is 7.09. The summed E-state index contributed by atoms with van der Waals surface area (Å²) in [6, 6.07) is 3.37. The van der Waals surface area contributed by atoms with E-state index in [4.69, 9.17) is 28.9 Å². The largest absolute Gasteiger partial charge is 0.396 e. The number of anilines is 1. The summed E-state index contributed by atoms with van der Waals surface area (Å²) in [4.78, 5) is 10.9. The molecule has 1 aromatic rings. The van der Waals surface area contributed by atoms with Crippen LogP contribution in [0.25, 0.3) is 0 Å². The summed E-state index contributed by atoms with van der Waals surface area (Å²) in [5.74, 6) is 0. The summed E-state index contributed by atoms with van der Waals surface area (Å²) in [7, 11) is 0. The third kappa shape index (κ3) is 3.06. The van der Waals surface area contributed by atoms with Gasteiger partial charge in [0.25, 0.3) is 0 Å². The summed E-state index contributed by atoms with van der Waals surface area (Å²) in [5.41, 5.74) is 5.92. The molecule has 0 aliphatic rings. The molecule has 0 heterocycles. The van der Waals surface area contributed by atoms with Crippen molar-refractivity contribution in [3.63, 3.8) is 0 Å². The molecule has 0 bridgehead atoms. The van der Waals surface area contributed by atoms with E-state index in [1.165, 1.54) is 11.9 Å². The van der Waals surface area contributed by atoms with Crippen molar-refractivity contribution in [3.05, 3.63) is 22.2 Å². The van der Waals surface area contributed by atoms with Gasteiger partial charge in [0, 0.05) is 4.90 Å². The maximum atomic E-state index is 10.0. The maximum absolute atomic E-state index is 10.0. The van der Waals surface area contributed by atoms with E-state index in [2.05, 4.69) is 4.72 Å². The molecule has 0 fully saturated rings. The van der Waals surface area contributed by atoms with Crippen molar-refractivity contribution < 1.29 is 4.79 Å². The third-order valence-corrected chi connectivity index (χ3v) is 2.82. The molecule has 0 atom stereocenters. The lowest BCUT2D eigenvalue weighted by Crippen LogP contribution is -2.05. The van der Waals surface area contributed by atoms with Crippen LogP contribution in [0.4, 0.5) is 5.69 Å². The van der Waals surface area contributed by atoms with Crippen LogP contribution in [-0.4, -0.2) is 12.8 Å². The highest BCUT2D eigenvalue weighted by atomic mass is 35.5. The number of benzene rings is 1. The van der Waals surface area contributed by atoms with E-state index in [0.717, 1.165) is 11.2 Å². The summed E-state index contributed by atoms with van der Waals surface area (Å²) >= 11 is 12.9. The fraction of sp³-hybridized carbons (Fsp3) is 0.125. The number of hydrogen-bond acceptors (Lipinski definition) is 4. The molecule has 0 saturated carbocycles. The molecule has 3 nitrogen and oxygen atoms in total. The van der Waals surface area contributed by atoms with Gasteiger partial charge in [-0.15, -0.1) is 0 Å². The van der Waals surface area contributed by atoms with Crippen LogP contribution >= 0.6 is 35.1 Å². The molecule has 0 saturated heterocycles. The minimum absolute atomic E-state index is 0.268. The van der Waals surface area contributed by atoms with Gasteiger partial charge < -0.3 is 10.5 Å². The molecule has 0 unspecified atom stereocenters. The number of nitrogen functional groups attached to an aromatic ring is 1. The number of rotatable bonds is 4. The SMILES string of the molecule is Nc1c(Cl)cc(SNCC=O)cc1Cl. The Morgan fingerprint density at radius 1 is 1.43 bits per heavy atom. The van der Waals surface area contributed by atoms with Crippen LogP contribution in [0, 0.1) is 0 Å². The molecule has 0 amide bonds. The monoisotopic (exact) mass is 250 g/mol. The van der Waals surface area contributed by atoms with Crippen molar-refractivity contribution in [1.29, 1.82) is 0 Å². The van der Waals surface area contributed by atoms with Gasteiger partial charge in [-0.25, -0.2) is 0 Å². The van der Waals surface area contributed by atoms with Crippen LogP contribution in [0.15, 0.2) is 17.0 Å². The third-order valence-electron chi connectivity index (χ3n) is 1.41. The van der Waals surface area contributed by atoms with Crippen molar-refractivity contribution in [2.24, 2.45) is 0 Å². The number of halogens is 2. The average molecular weight is 251 g/mol. The first-order valence-corrected chi connectivity index (χ1v) is 5.30. The minimum Gasteiger partial charge on any atom is -0.396 e. The second kappa shape index (κ2) is 5.46. The summed E-state index contributed by atoms with van der Waals surface area (Å²) in [6.45, 7) is 0.268. The molecular weight excluding hydrogens is 243 g/mol. The Hall–Kier alpha value is -0.420. The molecule has 76 valence electrons. The molecule has 0 radical (unpaired) electrons. The Balaban J connectivity index is 2.74. The van der Waals surface area contributed by atoms with E-state index in [9.17, 15) is 4.79 Å². The van der Waals surface area contributed by atoms with Crippen LogP contribution in [0.1, 0.15) is 0 Å². The van der Waals surface area contributed by atoms with E-state index >= 15 is 0 Å². The normalized spacial score (nSPS) is 10.1. The van der Waals surface area contributed by atoms with E-state index in [1.54, 1.807) is 12.1 Å². The topological polar surface area (TPSA) is 55.1 Å². The molecule has 0 aromatic heterocycles. The van der Waals surface area contributed by atoms with E-state index < -0.39 is 0 Å². The molecule has 0 aliphatic carbocycles. The Morgan fingerprint density at radius 2 is 2.00 bits per heavy atom. The van der Waals surface area contributed by atoms with E-state index in [-0.39, 0.29) is 6.54 Å². The lowest BCUT2D eigenvalue weighted by molar-refractivity contribution is -0.106. The van der Waals surface area contributed by atoms with Gasteiger partial charge in [-0.1, -0.05) is 23.2 Å². The lowest BCUT2D eigenvalue weighted by Gasteiger charge is -2.05. The zero-order valence-corrected chi connectivity index (χ0v) is 9.42. The van der Waals surface area contributed by atoms with Gasteiger partial charge in [0.15, 0.2) is 0 Å². The molecule has 14 heavy (non-hydrogen) atoms. The Morgan fingerprint density at radius 3 is 2.50 bits per heavy atom. The van der Waals surface area contributed by atoms with Crippen LogP contribution in [0.3, 0.4) is 0 Å². The van der Waals surface area contributed by atoms with Crippen LogP contribution < -0.4 is 10.5 Å². The van der Waals surface area contributed by atoms with Gasteiger partial charge in [-0.2, -0.15) is 0 Å². The Kier molecular flexibility index (Phi) is 4.54. The molecule has 1 rings (SSSR count). The van der Waals surface area contributed by atoms with Crippen molar-refractivity contribution in [2.75, 3.05) is 12.3 Å². The number of nitrogens with one attached hydrogen (secondary N) is 1. The first-order chi connectivity index (χ1) is 6.65. The maximum Gasteiger partial charge on any atom is 0.134 e. The highest BCUT2D eigenvalue weighted by molar-refractivity contribution is 7.97. The molecule has 6 heteroatoms. The van der Waals surface area contributed by atoms with Crippen LogP contribution in [0.5, 0.6) is 0 Å². The number of nitrogens with two attached hydrogens (primary N) is 1. The zero-order chi connectivity index (χ0) is 10.6. The molecule has 1 aromatic carbocycles. The lowest BCUT2D eigenvalue weighted by atomic mass is 10.3. The van der Waals surface area contributed by atoms with E-state index in [0.29, 0.717) is 15.7 Å². The van der Waals surface area contributed by atoms with Crippen molar-refractivity contribution in [3.8, 4) is 0 Å². The second-order valence-electron chi connectivity index (χ2n) is 2.42. The molecule has 3 N–H and O–H groups in total. The Labute approximate surface area is 96.1 Å². The Bertz CT molecular complexity index is 323. The van der Waals surface area contributed by atoms with Crippen molar-refractivity contribution in [1.82, 2.24) is 4.72 Å². The average Bonchev–Trinajstić information content (AvgIpc) is 2.14. The first-order valence-electron chi connectivity index (χ1n) is 3.73. The number of carbonyl (C=O) groups excluding carboxylic acids is 1. The fourth-order valence-electron chi connectivity index (χ4n) is 0.779. The summed E-state index contributed by atoms with van der Waals surface area (Å²) < 4.78 is 2.82. The quantitative estimate of drug-likeness (QED) is 0.373. The summed E-state index contributed by atoms with van der Waals surface area (Å²) in [6.07, 6.45) is 0.771. The fourth-order valence-corrected chi connectivity index (χ4v) is 2.07. The molecular formula is C8H8Cl2N2OS. The predicted molar refractivity (Wildman–Crippen MR) is 60.8 cm³/mol. The van der Waals surface area contributed by atoms with Crippen molar-refractivity contribution in [2.45, 2.75) is 4.90 Å². The first kappa shape index (κ1) is 11.7. The minimum atomic E-state index is 0.268. The van der Waals surface area contributed by atoms with Gasteiger partial charge in [0.1, 0.15) is 6.29 Å². The predicted octanol–water partition coefficient (Wildman–Crippen LogP) is 2.37. The van der Waals surface area contributed by atoms with Gasteiger partial charge in [0.05, 0.1) is 22.3 Å². The number of aldehydes is 1. The van der Waals surface area contributed by atoms with Gasteiger partial charge in [-0.3, -0.25) is 4.72 Å². The van der Waals surface area contributed by atoms with E-state index in [1.807, 2.05) is 0 Å². The van der Waals surface area contributed by atoms with Gasteiger partial charge >= 0.3 is 0 Å². The smallest absolute Gasteiger partial charge is 0.134 e. The van der Waals surface area contributed by atoms with Gasteiger partial charge in [0.2, 0.25) is 0 Å². The number of hydrogen-bond donors (Lipinski definition) is 2. The summed E-state index contributed by atoms with van der Waals surface area (Å²) in [5, 5.41) is 0.820. The highest BCUT2D eigenvalue weighted by Crippen LogP contribution is 2.31. The van der Waals surface area contributed by atoms with Crippen LogP contribution in [0.2, 0.25) is 10.0 Å². The molecule has 0 spiro atoms. The van der Waals surface area contributed by atoms with Crippen molar-refractivity contribution >= 4 is 47.1 Å². The highest BCUT2D eigenvalue weighted by Gasteiger charge is 2.04. The second-order valence-corrected chi connectivity index (χ2v) is 4.20. The van der Waals surface area contributed by atoms with Crippen LogP contribution in [-0.2, 0) is 4.79 Å². The molecule has 0 aliphatic heterocycles. The van der Waals surface area contributed by atoms with Gasteiger partial charge in [-0.05, 0) is 24.1 Å². The standard InChI is InChI=1S/C8H8Cl2N2OS/c9-6-3-5(14-12-1-2-13)4-7(10)8(6)11/h2-4,12H,1,11H2. The number of carbonyl (C=O) groups is 1.